The summed E-state index contributed by atoms with van der Waals surface area (Å²) >= 11 is 0. The lowest BCUT2D eigenvalue weighted by atomic mass is 9.92. The van der Waals surface area contributed by atoms with Crippen LogP contribution in [0.2, 0.25) is 0 Å². The molecule has 0 heterocycles. The van der Waals surface area contributed by atoms with Crippen LogP contribution in [-0.4, -0.2) is 55.7 Å². The summed E-state index contributed by atoms with van der Waals surface area (Å²) in [4.78, 5) is 44.1. The standard InChI is InChI=1S/C11H19N3O6/c1-11(2,9(18)12-3)6-13-10(19)14-7(15)4-20-5-8(16)17/h4-6H2,1-3H3,(H,12,18)(H,16,17)(H2,13,14,15,19). The lowest BCUT2D eigenvalue weighted by molar-refractivity contribution is -0.143. The summed E-state index contributed by atoms with van der Waals surface area (Å²) in [5.41, 5.74) is -0.824. The van der Waals surface area contributed by atoms with Crippen LogP contribution in [0.25, 0.3) is 0 Å². The van der Waals surface area contributed by atoms with Gasteiger partial charge in [-0.25, -0.2) is 9.59 Å². The topological polar surface area (TPSA) is 134 Å². The van der Waals surface area contributed by atoms with E-state index in [9.17, 15) is 19.2 Å². The Morgan fingerprint density at radius 3 is 2.25 bits per heavy atom. The highest BCUT2D eigenvalue weighted by atomic mass is 16.5. The molecule has 0 atom stereocenters. The minimum atomic E-state index is -1.21. The van der Waals surface area contributed by atoms with Crippen LogP contribution in [0.1, 0.15) is 13.8 Å². The van der Waals surface area contributed by atoms with E-state index in [4.69, 9.17) is 5.11 Å². The van der Waals surface area contributed by atoms with Crippen molar-refractivity contribution in [3.05, 3.63) is 0 Å². The van der Waals surface area contributed by atoms with Crippen LogP contribution >= 0.6 is 0 Å². The summed E-state index contributed by atoms with van der Waals surface area (Å²) in [5.74, 6) is -2.25. The van der Waals surface area contributed by atoms with Crippen LogP contribution in [0.15, 0.2) is 0 Å². The molecule has 0 aromatic rings. The van der Waals surface area contributed by atoms with Gasteiger partial charge in [0.15, 0.2) is 0 Å². The lowest BCUT2D eigenvalue weighted by Gasteiger charge is -2.22. The number of aliphatic carboxylic acids is 1. The van der Waals surface area contributed by atoms with Crippen molar-refractivity contribution in [2.75, 3.05) is 26.8 Å². The molecule has 0 saturated carbocycles. The maximum Gasteiger partial charge on any atom is 0.329 e. The number of ether oxygens (including phenoxy) is 1. The van der Waals surface area contributed by atoms with Gasteiger partial charge in [0.2, 0.25) is 5.91 Å². The zero-order valence-electron chi connectivity index (χ0n) is 11.6. The van der Waals surface area contributed by atoms with Crippen LogP contribution in [0.4, 0.5) is 4.79 Å². The molecule has 0 aliphatic heterocycles. The Balaban J connectivity index is 4.02. The summed E-state index contributed by atoms with van der Waals surface area (Å²) in [5, 5.41) is 15.0. The third-order valence-electron chi connectivity index (χ3n) is 2.24. The normalized spacial score (nSPS) is 10.6. The average Bonchev–Trinajstić information content (AvgIpc) is 2.34. The molecule has 114 valence electrons. The zero-order chi connectivity index (χ0) is 15.8. The maximum atomic E-state index is 11.4. The predicted molar refractivity (Wildman–Crippen MR) is 67.8 cm³/mol. The van der Waals surface area contributed by atoms with Gasteiger partial charge in [0, 0.05) is 13.6 Å². The van der Waals surface area contributed by atoms with E-state index in [0.29, 0.717) is 0 Å². The Morgan fingerprint density at radius 1 is 1.15 bits per heavy atom. The van der Waals surface area contributed by atoms with E-state index < -0.39 is 36.5 Å². The van der Waals surface area contributed by atoms with E-state index in [1.54, 1.807) is 13.8 Å². The molecule has 0 bridgehead atoms. The molecule has 0 aliphatic carbocycles. The molecule has 0 spiro atoms. The van der Waals surface area contributed by atoms with Crippen molar-refractivity contribution < 1.29 is 29.0 Å². The summed E-state index contributed by atoms with van der Waals surface area (Å²) in [6.45, 7) is 2.12. The van der Waals surface area contributed by atoms with E-state index in [2.05, 4.69) is 15.4 Å². The fraction of sp³-hybridized carbons (Fsp3) is 0.636. The number of carbonyl (C=O) groups excluding carboxylic acids is 3. The highest BCUT2D eigenvalue weighted by molar-refractivity contribution is 5.95. The number of urea groups is 1. The van der Waals surface area contributed by atoms with Gasteiger partial charge in [-0.05, 0) is 13.8 Å². The van der Waals surface area contributed by atoms with Crippen molar-refractivity contribution in [2.45, 2.75) is 13.8 Å². The molecule has 0 aromatic carbocycles. The van der Waals surface area contributed by atoms with Crippen molar-refractivity contribution >= 4 is 23.8 Å². The molecule has 0 fully saturated rings. The third-order valence-corrected chi connectivity index (χ3v) is 2.24. The van der Waals surface area contributed by atoms with Crippen LogP contribution < -0.4 is 16.0 Å². The Kier molecular flexibility index (Phi) is 7.22. The van der Waals surface area contributed by atoms with E-state index in [1.807, 2.05) is 5.32 Å². The average molecular weight is 289 g/mol. The molecule has 4 amide bonds. The molecule has 9 nitrogen and oxygen atoms in total. The van der Waals surface area contributed by atoms with Gasteiger partial charge in [0.25, 0.3) is 5.91 Å². The molecule has 0 aliphatic rings. The van der Waals surface area contributed by atoms with Gasteiger partial charge < -0.3 is 20.5 Å². The molecule has 0 rings (SSSR count). The number of amides is 4. The van der Waals surface area contributed by atoms with E-state index in [-0.39, 0.29) is 12.5 Å². The molecule has 0 radical (unpaired) electrons. The van der Waals surface area contributed by atoms with Crippen LogP contribution in [-0.2, 0) is 19.1 Å². The number of imide groups is 1. The zero-order valence-corrected chi connectivity index (χ0v) is 11.6. The van der Waals surface area contributed by atoms with Gasteiger partial charge in [-0.1, -0.05) is 0 Å². The number of carboxylic acids is 1. The summed E-state index contributed by atoms with van der Waals surface area (Å²) in [6, 6.07) is -0.786. The van der Waals surface area contributed by atoms with Gasteiger partial charge in [0.1, 0.15) is 13.2 Å². The lowest BCUT2D eigenvalue weighted by Crippen LogP contribution is -2.48. The maximum absolute atomic E-state index is 11.4. The second kappa shape index (κ2) is 8.10. The molecule has 0 aromatic heterocycles. The van der Waals surface area contributed by atoms with Crippen molar-refractivity contribution in [1.29, 1.82) is 0 Å². The number of hydrogen-bond acceptors (Lipinski definition) is 5. The first-order valence-electron chi connectivity index (χ1n) is 5.78. The molecule has 9 heteroatoms. The summed E-state index contributed by atoms with van der Waals surface area (Å²) < 4.78 is 4.50. The van der Waals surface area contributed by atoms with Crippen molar-refractivity contribution in [2.24, 2.45) is 5.41 Å². The quantitative estimate of drug-likeness (QED) is 0.459. The van der Waals surface area contributed by atoms with E-state index in [1.165, 1.54) is 7.05 Å². The SMILES string of the molecule is CNC(=O)C(C)(C)CNC(=O)NC(=O)COCC(=O)O. The minimum absolute atomic E-state index is 0.0295. The van der Waals surface area contributed by atoms with Gasteiger partial charge in [-0.15, -0.1) is 0 Å². The number of carboxylic acid groups (broad SMARTS) is 1. The monoisotopic (exact) mass is 289 g/mol. The fourth-order valence-corrected chi connectivity index (χ4v) is 1.16. The largest absolute Gasteiger partial charge is 0.480 e. The molecule has 4 N–H and O–H groups in total. The molecule has 20 heavy (non-hydrogen) atoms. The van der Waals surface area contributed by atoms with Gasteiger partial charge >= 0.3 is 12.0 Å². The first kappa shape index (κ1) is 17.8. The molecular weight excluding hydrogens is 270 g/mol. The summed E-state index contributed by atoms with van der Waals surface area (Å²) in [7, 11) is 1.48. The first-order valence-corrected chi connectivity index (χ1v) is 5.78. The second-order valence-corrected chi connectivity index (χ2v) is 4.58. The molecule has 0 unspecified atom stereocenters. The van der Waals surface area contributed by atoms with Gasteiger partial charge in [-0.3, -0.25) is 14.9 Å². The van der Waals surface area contributed by atoms with E-state index >= 15 is 0 Å². The number of hydrogen-bond donors (Lipinski definition) is 4. The minimum Gasteiger partial charge on any atom is -0.480 e. The van der Waals surface area contributed by atoms with Gasteiger partial charge in [-0.2, -0.15) is 0 Å². The molecular formula is C11H19N3O6. The second-order valence-electron chi connectivity index (χ2n) is 4.58. The Labute approximate surface area is 116 Å². The first-order chi connectivity index (χ1) is 9.19. The van der Waals surface area contributed by atoms with Crippen LogP contribution in [0, 0.1) is 5.41 Å². The third kappa shape index (κ3) is 7.31. The summed E-state index contributed by atoms with van der Waals surface area (Å²) in [6.07, 6.45) is 0. The van der Waals surface area contributed by atoms with Crippen molar-refractivity contribution in [3.63, 3.8) is 0 Å². The fourth-order valence-electron chi connectivity index (χ4n) is 1.16. The van der Waals surface area contributed by atoms with E-state index in [0.717, 1.165) is 0 Å². The van der Waals surface area contributed by atoms with Crippen molar-refractivity contribution in [3.8, 4) is 0 Å². The number of rotatable bonds is 7. The van der Waals surface area contributed by atoms with Gasteiger partial charge in [0.05, 0.1) is 5.41 Å². The number of carbonyl (C=O) groups is 4. The van der Waals surface area contributed by atoms with Crippen LogP contribution in [0.3, 0.4) is 0 Å². The Bertz CT molecular complexity index is 394. The smallest absolute Gasteiger partial charge is 0.329 e. The van der Waals surface area contributed by atoms with Crippen molar-refractivity contribution in [1.82, 2.24) is 16.0 Å². The molecule has 0 saturated heterocycles. The highest BCUT2D eigenvalue weighted by Gasteiger charge is 2.27. The Morgan fingerprint density at radius 2 is 1.75 bits per heavy atom. The van der Waals surface area contributed by atoms with Crippen LogP contribution in [0.5, 0.6) is 0 Å². The predicted octanol–water partition coefficient (Wildman–Crippen LogP) is -1.31. The Hall–Kier alpha value is -2.16. The number of nitrogens with one attached hydrogen (secondary N) is 3. The highest BCUT2D eigenvalue weighted by Crippen LogP contribution is 2.12.